The number of methoxy groups -OCH3 is 1. The van der Waals surface area contributed by atoms with Crippen molar-refractivity contribution in [3.8, 4) is 34.1 Å². The number of ether oxygens (including phenoxy) is 4. The van der Waals surface area contributed by atoms with Crippen LogP contribution in [0.15, 0.2) is 42.6 Å². The van der Waals surface area contributed by atoms with Crippen molar-refractivity contribution in [2.24, 2.45) is 0 Å². The Morgan fingerprint density at radius 3 is 2.59 bits per heavy atom. The van der Waals surface area contributed by atoms with E-state index in [-0.39, 0.29) is 6.54 Å². The standard InChI is InChI=1S/C25H26N2O5/c1-15-9-19(18-5-6-22-23(12-18)31-8-7-30-22)11-20(10-15)32-25(28)27-14-21-17(3)24(29-4)16(2)13-26-21/h5-6,9-13H,7-8,14H2,1-4H3,(H,27,28). The van der Waals surface area contributed by atoms with E-state index in [0.29, 0.717) is 24.7 Å². The van der Waals surface area contributed by atoms with Crippen molar-refractivity contribution in [2.45, 2.75) is 27.3 Å². The molecule has 0 atom stereocenters. The molecule has 1 aliphatic rings. The molecule has 4 rings (SSSR count). The molecule has 0 aliphatic carbocycles. The minimum Gasteiger partial charge on any atom is -0.496 e. The van der Waals surface area contributed by atoms with E-state index in [1.165, 1.54) is 0 Å². The van der Waals surface area contributed by atoms with Gasteiger partial charge in [0.15, 0.2) is 11.5 Å². The van der Waals surface area contributed by atoms with Gasteiger partial charge >= 0.3 is 6.09 Å². The summed E-state index contributed by atoms with van der Waals surface area (Å²) in [6.07, 6.45) is 1.18. The molecule has 0 fully saturated rings. The van der Waals surface area contributed by atoms with Crippen LogP contribution in [0.5, 0.6) is 23.0 Å². The number of amides is 1. The summed E-state index contributed by atoms with van der Waals surface area (Å²) in [6, 6.07) is 11.5. The zero-order valence-electron chi connectivity index (χ0n) is 18.7. The van der Waals surface area contributed by atoms with Crippen LogP contribution in [0.1, 0.15) is 22.4 Å². The van der Waals surface area contributed by atoms with Crippen molar-refractivity contribution in [3.05, 3.63) is 65.0 Å². The average molecular weight is 434 g/mol. The van der Waals surface area contributed by atoms with Crippen LogP contribution in [-0.4, -0.2) is 31.4 Å². The number of nitrogens with one attached hydrogen (secondary N) is 1. The van der Waals surface area contributed by atoms with Gasteiger partial charge in [0.05, 0.1) is 19.3 Å². The quantitative estimate of drug-likeness (QED) is 0.625. The van der Waals surface area contributed by atoms with E-state index >= 15 is 0 Å². The third-order valence-electron chi connectivity index (χ3n) is 5.29. The van der Waals surface area contributed by atoms with Gasteiger partial charge in [-0.2, -0.15) is 0 Å². The Bertz CT molecular complexity index is 1160. The highest BCUT2D eigenvalue weighted by molar-refractivity contribution is 5.73. The fourth-order valence-corrected chi connectivity index (χ4v) is 3.74. The van der Waals surface area contributed by atoms with Crippen LogP contribution in [0, 0.1) is 20.8 Å². The molecule has 0 bridgehead atoms. The van der Waals surface area contributed by atoms with Crippen LogP contribution < -0.4 is 24.3 Å². The number of rotatable bonds is 5. The molecule has 166 valence electrons. The molecular weight excluding hydrogens is 408 g/mol. The van der Waals surface area contributed by atoms with Crippen molar-refractivity contribution in [3.63, 3.8) is 0 Å². The Morgan fingerprint density at radius 2 is 1.81 bits per heavy atom. The molecule has 7 heteroatoms. The molecule has 0 saturated heterocycles. The zero-order chi connectivity index (χ0) is 22.7. The summed E-state index contributed by atoms with van der Waals surface area (Å²) < 4.78 is 22.2. The van der Waals surface area contributed by atoms with Gasteiger partial charge in [-0.15, -0.1) is 0 Å². The lowest BCUT2D eigenvalue weighted by Gasteiger charge is -2.19. The third kappa shape index (κ3) is 4.61. The summed E-state index contributed by atoms with van der Waals surface area (Å²) >= 11 is 0. The fourth-order valence-electron chi connectivity index (χ4n) is 3.74. The summed E-state index contributed by atoms with van der Waals surface area (Å²) in [5, 5.41) is 2.76. The second kappa shape index (κ2) is 9.18. The van der Waals surface area contributed by atoms with Gasteiger partial charge in [0.2, 0.25) is 0 Å². The number of pyridine rings is 1. The van der Waals surface area contributed by atoms with E-state index in [9.17, 15) is 4.79 Å². The number of aromatic nitrogens is 1. The Balaban J connectivity index is 1.47. The lowest BCUT2D eigenvalue weighted by Crippen LogP contribution is -2.27. The molecule has 0 radical (unpaired) electrons. The Labute approximate surface area is 187 Å². The Kier molecular flexibility index (Phi) is 6.16. The first-order valence-corrected chi connectivity index (χ1v) is 10.4. The molecule has 2 aromatic carbocycles. The first-order valence-electron chi connectivity index (χ1n) is 10.4. The molecule has 1 amide bonds. The summed E-state index contributed by atoms with van der Waals surface area (Å²) in [6.45, 7) is 7.12. The number of hydrogen-bond donors (Lipinski definition) is 1. The van der Waals surface area contributed by atoms with E-state index in [4.69, 9.17) is 18.9 Å². The maximum atomic E-state index is 12.4. The van der Waals surface area contributed by atoms with E-state index in [0.717, 1.165) is 45.0 Å². The molecule has 1 aromatic heterocycles. The predicted molar refractivity (Wildman–Crippen MR) is 121 cm³/mol. The van der Waals surface area contributed by atoms with Gasteiger partial charge in [-0.25, -0.2) is 4.79 Å². The molecular formula is C25H26N2O5. The first-order chi connectivity index (χ1) is 15.4. The number of benzene rings is 2. The maximum absolute atomic E-state index is 12.4. The van der Waals surface area contributed by atoms with Gasteiger partial charge in [-0.1, -0.05) is 12.1 Å². The van der Waals surface area contributed by atoms with E-state index < -0.39 is 6.09 Å². The first kappa shape index (κ1) is 21.5. The smallest absolute Gasteiger partial charge is 0.412 e. The number of hydrogen-bond acceptors (Lipinski definition) is 6. The minimum absolute atomic E-state index is 0.238. The monoisotopic (exact) mass is 434 g/mol. The van der Waals surface area contributed by atoms with Crippen molar-refractivity contribution >= 4 is 6.09 Å². The van der Waals surface area contributed by atoms with Crippen LogP contribution in [0.4, 0.5) is 4.79 Å². The number of fused-ring (bicyclic) bond motifs is 1. The lowest BCUT2D eigenvalue weighted by molar-refractivity contribution is 0.171. The van der Waals surface area contributed by atoms with Crippen LogP contribution in [0.3, 0.4) is 0 Å². The zero-order valence-corrected chi connectivity index (χ0v) is 18.7. The van der Waals surface area contributed by atoms with Crippen molar-refractivity contribution < 1.29 is 23.7 Å². The Morgan fingerprint density at radius 1 is 1.03 bits per heavy atom. The second-order valence-corrected chi connectivity index (χ2v) is 7.68. The number of aryl methyl sites for hydroxylation is 2. The fraction of sp³-hybridized carbons (Fsp3) is 0.280. The van der Waals surface area contributed by atoms with E-state index in [1.54, 1.807) is 13.3 Å². The Hall–Kier alpha value is -3.74. The van der Waals surface area contributed by atoms with Crippen LogP contribution in [-0.2, 0) is 6.54 Å². The molecule has 0 spiro atoms. The summed E-state index contributed by atoms with van der Waals surface area (Å²) in [5.74, 6) is 2.68. The average Bonchev–Trinajstić information content (AvgIpc) is 2.78. The van der Waals surface area contributed by atoms with Gasteiger partial charge in [0.1, 0.15) is 24.7 Å². The topological polar surface area (TPSA) is 78.9 Å². The third-order valence-corrected chi connectivity index (χ3v) is 5.29. The van der Waals surface area contributed by atoms with Gasteiger partial charge in [0.25, 0.3) is 0 Å². The molecule has 1 aliphatic heterocycles. The number of nitrogens with zero attached hydrogens (tertiary/aromatic N) is 1. The highest BCUT2D eigenvalue weighted by Crippen LogP contribution is 2.35. The van der Waals surface area contributed by atoms with Gasteiger partial charge < -0.3 is 24.3 Å². The van der Waals surface area contributed by atoms with Gasteiger partial charge in [0, 0.05) is 17.3 Å². The maximum Gasteiger partial charge on any atom is 0.412 e. The van der Waals surface area contributed by atoms with E-state index in [1.807, 2.05) is 57.2 Å². The largest absolute Gasteiger partial charge is 0.496 e. The second-order valence-electron chi connectivity index (χ2n) is 7.68. The van der Waals surface area contributed by atoms with Crippen molar-refractivity contribution in [1.82, 2.24) is 10.3 Å². The SMILES string of the molecule is COc1c(C)cnc(CNC(=O)Oc2cc(C)cc(-c3ccc4c(c3)OCCO4)c2)c1C. The van der Waals surface area contributed by atoms with Crippen LogP contribution in [0.25, 0.3) is 11.1 Å². The number of carbonyl (C=O) groups is 1. The van der Waals surface area contributed by atoms with Crippen molar-refractivity contribution in [2.75, 3.05) is 20.3 Å². The molecule has 2 heterocycles. The predicted octanol–water partition coefficient (Wildman–Crippen LogP) is 4.74. The van der Waals surface area contributed by atoms with Crippen LogP contribution >= 0.6 is 0 Å². The van der Waals surface area contributed by atoms with Crippen LogP contribution in [0.2, 0.25) is 0 Å². The molecule has 3 aromatic rings. The number of carbonyl (C=O) groups excluding carboxylic acids is 1. The molecule has 1 N–H and O–H groups in total. The van der Waals surface area contributed by atoms with Gasteiger partial charge in [-0.05, 0) is 61.7 Å². The van der Waals surface area contributed by atoms with Crippen molar-refractivity contribution in [1.29, 1.82) is 0 Å². The summed E-state index contributed by atoms with van der Waals surface area (Å²) in [7, 11) is 1.62. The van der Waals surface area contributed by atoms with E-state index in [2.05, 4.69) is 10.3 Å². The minimum atomic E-state index is -0.551. The normalized spacial score (nSPS) is 12.2. The molecule has 0 unspecified atom stereocenters. The molecule has 0 saturated carbocycles. The summed E-state index contributed by atoms with van der Waals surface area (Å²) in [4.78, 5) is 16.8. The molecule has 32 heavy (non-hydrogen) atoms. The highest BCUT2D eigenvalue weighted by atomic mass is 16.6. The van der Waals surface area contributed by atoms with Gasteiger partial charge in [-0.3, -0.25) is 4.98 Å². The lowest BCUT2D eigenvalue weighted by atomic mass is 10.0. The highest BCUT2D eigenvalue weighted by Gasteiger charge is 2.15. The molecule has 7 nitrogen and oxygen atoms in total. The summed E-state index contributed by atoms with van der Waals surface area (Å²) in [5.41, 5.74) is 5.42.